The highest BCUT2D eigenvalue weighted by Gasteiger charge is 2.25. The minimum Gasteiger partial charge on any atom is -0.394 e. The van der Waals surface area contributed by atoms with Crippen molar-refractivity contribution >= 4 is 11.8 Å². The Bertz CT molecular complexity index is 544. The van der Waals surface area contributed by atoms with Gasteiger partial charge in [0.15, 0.2) is 0 Å². The molecule has 0 aliphatic rings. The highest BCUT2D eigenvalue weighted by Crippen LogP contribution is 2.28. The van der Waals surface area contributed by atoms with Gasteiger partial charge in [-0.2, -0.15) is 0 Å². The molecule has 106 valence electrons. The Morgan fingerprint density at radius 1 is 1.05 bits per heavy atom. The van der Waals surface area contributed by atoms with Crippen molar-refractivity contribution in [3.8, 4) is 0 Å². The van der Waals surface area contributed by atoms with Crippen molar-refractivity contribution in [2.45, 2.75) is 23.8 Å². The normalized spacial score (nSPS) is 13.9. The van der Waals surface area contributed by atoms with Crippen molar-refractivity contribution in [2.24, 2.45) is 5.73 Å². The van der Waals surface area contributed by atoms with E-state index >= 15 is 0 Å². The molecule has 0 saturated heterocycles. The van der Waals surface area contributed by atoms with Crippen LogP contribution in [0.25, 0.3) is 0 Å². The van der Waals surface area contributed by atoms with Crippen molar-refractivity contribution in [1.29, 1.82) is 0 Å². The molecule has 0 aliphatic carbocycles. The van der Waals surface area contributed by atoms with Crippen LogP contribution in [0.5, 0.6) is 0 Å². The average molecular weight is 287 g/mol. The molecule has 3 heteroatoms. The maximum absolute atomic E-state index is 9.66. The van der Waals surface area contributed by atoms with Crippen molar-refractivity contribution in [1.82, 2.24) is 0 Å². The Labute approximate surface area is 125 Å². The van der Waals surface area contributed by atoms with Gasteiger partial charge in [0, 0.05) is 10.6 Å². The number of aryl methyl sites for hydroxylation is 1. The van der Waals surface area contributed by atoms with Gasteiger partial charge in [-0.25, -0.2) is 0 Å². The number of aliphatic hydroxyl groups excluding tert-OH is 1. The van der Waals surface area contributed by atoms with Crippen molar-refractivity contribution < 1.29 is 5.11 Å². The molecule has 0 bridgehead atoms. The van der Waals surface area contributed by atoms with Crippen LogP contribution >= 0.6 is 11.8 Å². The number of hydrogen-bond acceptors (Lipinski definition) is 3. The molecule has 0 saturated carbocycles. The Balaban J connectivity index is 2.00. The number of hydrogen-bond donors (Lipinski definition) is 2. The zero-order valence-corrected chi connectivity index (χ0v) is 12.6. The van der Waals surface area contributed by atoms with Gasteiger partial charge in [0.1, 0.15) is 0 Å². The van der Waals surface area contributed by atoms with Gasteiger partial charge in [-0.05, 0) is 30.5 Å². The molecule has 20 heavy (non-hydrogen) atoms. The van der Waals surface area contributed by atoms with Gasteiger partial charge in [0.25, 0.3) is 0 Å². The summed E-state index contributed by atoms with van der Waals surface area (Å²) in [6, 6.07) is 18.2. The van der Waals surface area contributed by atoms with E-state index in [4.69, 9.17) is 5.73 Å². The molecule has 0 fully saturated rings. The predicted molar refractivity (Wildman–Crippen MR) is 85.9 cm³/mol. The molecule has 0 spiro atoms. The summed E-state index contributed by atoms with van der Waals surface area (Å²) >= 11 is 1.79. The van der Waals surface area contributed by atoms with Gasteiger partial charge < -0.3 is 10.8 Å². The molecule has 0 aliphatic heterocycles. The van der Waals surface area contributed by atoms with E-state index in [-0.39, 0.29) is 6.61 Å². The third-order valence-corrected chi connectivity index (χ3v) is 4.71. The number of rotatable bonds is 6. The van der Waals surface area contributed by atoms with Gasteiger partial charge in [0.05, 0.1) is 12.1 Å². The SMILES string of the molecule is Cc1ccccc1SCCC(N)(CO)c1ccccc1. The topological polar surface area (TPSA) is 46.2 Å². The fourth-order valence-electron chi connectivity index (χ4n) is 2.15. The molecule has 2 nitrogen and oxygen atoms in total. The molecule has 1 unspecified atom stereocenters. The minimum atomic E-state index is -0.656. The smallest absolute Gasteiger partial charge is 0.0653 e. The quantitative estimate of drug-likeness (QED) is 0.801. The lowest BCUT2D eigenvalue weighted by molar-refractivity contribution is 0.193. The Morgan fingerprint density at radius 2 is 1.70 bits per heavy atom. The van der Waals surface area contributed by atoms with E-state index in [0.29, 0.717) is 0 Å². The Hall–Kier alpha value is -1.29. The van der Waals surface area contributed by atoms with Gasteiger partial charge in [-0.3, -0.25) is 0 Å². The lowest BCUT2D eigenvalue weighted by Gasteiger charge is -2.27. The van der Waals surface area contributed by atoms with E-state index in [1.165, 1.54) is 10.5 Å². The van der Waals surface area contributed by atoms with Crippen LogP contribution in [-0.4, -0.2) is 17.5 Å². The summed E-state index contributed by atoms with van der Waals surface area (Å²) in [5.41, 5.74) is 7.98. The summed E-state index contributed by atoms with van der Waals surface area (Å²) in [5, 5.41) is 9.66. The van der Waals surface area contributed by atoms with E-state index in [9.17, 15) is 5.11 Å². The number of nitrogens with two attached hydrogens (primary N) is 1. The standard InChI is InChI=1S/C17H21NOS/c1-14-7-5-6-10-16(14)20-12-11-17(18,13-19)15-8-3-2-4-9-15/h2-10,19H,11-13,18H2,1H3. The fourth-order valence-corrected chi connectivity index (χ4v) is 3.30. The first-order valence-electron chi connectivity index (χ1n) is 6.79. The summed E-state index contributed by atoms with van der Waals surface area (Å²) in [5.74, 6) is 0.886. The Kier molecular flexibility index (Phi) is 5.24. The first-order valence-corrected chi connectivity index (χ1v) is 7.78. The van der Waals surface area contributed by atoms with E-state index in [1.807, 2.05) is 42.5 Å². The summed E-state index contributed by atoms with van der Waals surface area (Å²) in [4.78, 5) is 1.28. The highest BCUT2D eigenvalue weighted by molar-refractivity contribution is 7.99. The first kappa shape index (κ1) is 15.1. The Morgan fingerprint density at radius 3 is 2.35 bits per heavy atom. The van der Waals surface area contributed by atoms with Crippen LogP contribution in [0.1, 0.15) is 17.5 Å². The van der Waals surface area contributed by atoms with Crippen LogP contribution < -0.4 is 5.73 Å². The minimum absolute atomic E-state index is 0.0364. The summed E-state index contributed by atoms with van der Waals surface area (Å²) in [7, 11) is 0. The second kappa shape index (κ2) is 6.93. The van der Waals surface area contributed by atoms with Crippen LogP contribution in [0, 0.1) is 6.92 Å². The molecule has 2 aromatic carbocycles. The fraction of sp³-hybridized carbons (Fsp3) is 0.294. The summed E-state index contributed by atoms with van der Waals surface area (Å²) in [6.07, 6.45) is 0.743. The predicted octanol–water partition coefficient (Wildman–Crippen LogP) is 3.32. The van der Waals surface area contributed by atoms with Crippen molar-refractivity contribution in [3.05, 3.63) is 65.7 Å². The van der Waals surface area contributed by atoms with Crippen LogP contribution in [-0.2, 0) is 5.54 Å². The molecule has 2 rings (SSSR count). The maximum Gasteiger partial charge on any atom is 0.0653 e. The number of aliphatic hydroxyl groups is 1. The maximum atomic E-state index is 9.66. The van der Waals surface area contributed by atoms with Gasteiger partial charge in [0.2, 0.25) is 0 Å². The monoisotopic (exact) mass is 287 g/mol. The molecule has 0 radical (unpaired) electrons. The van der Waals surface area contributed by atoms with Gasteiger partial charge in [-0.1, -0.05) is 48.5 Å². The lowest BCUT2D eigenvalue weighted by Crippen LogP contribution is -2.41. The largest absolute Gasteiger partial charge is 0.394 e. The second-order valence-corrected chi connectivity index (χ2v) is 6.18. The van der Waals surface area contributed by atoms with E-state index in [1.54, 1.807) is 11.8 Å². The van der Waals surface area contributed by atoms with Crippen LogP contribution in [0.2, 0.25) is 0 Å². The molecular formula is C17H21NOS. The molecular weight excluding hydrogens is 266 g/mol. The lowest BCUT2D eigenvalue weighted by atomic mass is 9.89. The number of benzene rings is 2. The van der Waals surface area contributed by atoms with Gasteiger partial charge >= 0.3 is 0 Å². The summed E-state index contributed by atoms with van der Waals surface area (Å²) in [6.45, 7) is 2.08. The third kappa shape index (κ3) is 3.63. The molecule has 1 atom stereocenters. The molecule has 0 heterocycles. The number of thioether (sulfide) groups is 1. The molecule has 3 N–H and O–H groups in total. The third-order valence-electron chi connectivity index (χ3n) is 3.53. The van der Waals surface area contributed by atoms with Crippen LogP contribution in [0.15, 0.2) is 59.5 Å². The highest BCUT2D eigenvalue weighted by atomic mass is 32.2. The summed E-state index contributed by atoms with van der Waals surface area (Å²) < 4.78 is 0. The van der Waals surface area contributed by atoms with Crippen molar-refractivity contribution in [3.63, 3.8) is 0 Å². The van der Waals surface area contributed by atoms with E-state index in [2.05, 4.69) is 19.1 Å². The zero-order valence-electron chi connectivity index (χ0n) is 11.8. The molecule has 2 aromatic rings. The second-order valence-electron chi connectivity index (χ2n) is 5.04. The van der Waals surface area contributed by atoms with Crippen molar-refractivity contribution in [2.75, 3.05) is 12.4 Å². The van der Waals surface area contributed by atoms with Gasteiger partial charge in [-0.15, -0.1) is 11.8 Å². The molecule has 0 aromatic heterocycles. The van der Waals surface area contributed by atoms with Crippen LogP contribution in [0.3, 0.4) is 0 Å². The van der Waals surface area contributed by atoms with E-state index in [0.717, 1.165) is 17.7 Å². The first-order chi connectivity index (χ1) is 9.65. The van der Waals surface area contributed by atoms with E-state index < -0.39 is 5.54 Å². The van der Waals surface area contributed by atoms with Crippen LogP contribution in [0.4, 0.5) is 0 Å². The molecule has 0 amide bonds. The average Bonchev–Trinajstić information content (AvgIpc) is 2.50. The zero-order chi connectivity index (χ0) is 14.4.